The number of benzene rings is 3. The topological polar surface area (TPSA) is 251 Å². The molecule has 6 aliphatic heterocycles. The van der Waals surface area contributed by atoms with Gasteiger partial charge in [0.1, 0.15) is 11.5 Å². The second-order valence-corrected chi connectivity index (χ2v) is 23.8. The Balaban J connectivity index is 0.000000120. The Bertz CT molecular complexity index is 3100. The predicted octanol–water partition coefficient (Wildman–Crippen LogP) is 3.88. The number of aliphatic hydroxyl groups is 3. The van der Waals surface area contributed by atoms with E-state index in [2.05, 4.69) is 19.4 Å². The first-order valence-corrected chi connectivity index (χ1v) is 28.0. The van der Waals surface area contributed by atoms with Gasteiger partial charge in [-0.25, -0.2) is 4.79 Å². The zero-order chi connectivity index (χ0) is 56.7. The predicted molar refractivity (Wildman–Crippen MR) is 281 cm³/mol. The normalized spacial score (nSPS) is 36.3. The van der Waals surface area contributed by atoms with Crippen molar-refractivity contribution in [1.29, 1.82) is 0 Å². The highest BCUT2D eigenvalue weighted by molar-refractivity contribution is 5.92. The SMILES string of the molecule is CC.CC(=O)Oc1ccc2c3c1O[C@@H]1C(=O)CC[C@]4(O)[C@H](C2)N(C)CC[C@@]314.CC(C)=O.CN1CC[C@@]23c4c5ccc([O-])c4O[C@@H]2C(=O)CC[C@]3(O)[C@@H]1C5.COC(=O)Oc1ccc2c3c1O[C@@H]1C(=O)CC[C@]4(O)[C@H](C2)N(C)CC[C@@]314. The van der Waals surface area contributed by atoms with Crippen LogP contribution in [0.3, 0.4) is 0 Å². The lowest BCUT2D eigenvalue weighted by Gasteiger charge is -2.62. The van der Waals surface area contributed by atoms with Crippen LogP contribution in [-0.4, -0.2) is 166 Å². The number of methoxy groups -OCH3 is 1. The van der Waals surface area contributed by atoms with Crippen molar-refractivity contribution in [2.24, 2.45) is 0 Å². The molecule has 6 aliphatic carbocycles. The zero-order valence-electron chi connectivity index (χ0n) is 46.5. The van der Waals surface area contributed by atoms with E-state index in [4.69, 9.17) is 23.7 Å². The van der Waals surface area contributed by atoms with E-state index in [1.807, 2.05) is 53.2 Å². The Labute approximate surface area is 459 Å². The van der Waals surface area contributed by atoms with Gasteiger partial charge in [0.05, 0.1) is 40.2 Å². The quantitative estimate of drug-likeness (QED) is 0.187. The Hall–Kier alpha value is -5.96. The van der Waals surface area contributed by atoms with Crippen molar-refractivity contribution in [3.8, 4) is 34.5 Å². The number of piperidine rings is 3. The Morgan fingerprint density at radius 2 is 0.873 bits per heavy atom. The third-order valence-corrected chi connectivity index (χ3v) is 20.1. The summed E-state index contributed by atoms with van der Waals surface area (Å²) in [5, 5.41) is 47.5. The highest BCUT2D eigenvalue weighted by Gasteiger charge is 2.75. The molecule has 0 unspecified atom stereocenters. The van der Waals surface area contributed by atoms with E-state index < -0.39 is 63.5 Å². The number of rotatable bonds is 2. The van der Waals surface area contributed by atoms with Crippen molar-refractivity contribution in [2.45, 2.75) is 181 Å². The van der Waals surface area contributed by atoms with E-state index in [0.29, 0.717) is 100 Å². The second kappa shape index (κ2) is 19.1. The molecule has 6 heterocycles. The molecular weight excluding hydrogens is 1020 g/mol. The van der Waals surface area contributed by atoms with Crippen molar-refractivity contribution in [3.05, 3.63) is 69.8 Å². The van der Waals surface area contributed by atoms with Crippen LogP contribution in [0.15, 0.2) is 36.4 Å². The van der Waals surface area contributed by atoms with Crippen LogP contribution < -0.4 is 28.8 Å². The fourth-order valence-electron chi connectivity index (χ4n) is 17.0. The fraction of sp³-hybridized carbons (Fsp3) is 0.600. The third-order valence-electron chi connectivity index (χ3n) is 20.1. The Morgan fingerprint density at radius 3 is 1.23 bits per heavy atom. The van der Waals surface area contributed by atoms with Crippen LogP contribution in [0.4, 0.5) is 4.79 Å². The summed E-state index contributed by atoms with van der Waals surface area (Å²) in [4.78, 5) is 77.1. The summed E-state index contributed by atoms with van der Waals surface area (Å²) in [6.45, 7) is 10.8. The van der Waals surface area contributed by atoms with Crippen LogP contribution in [-0.2, 0) is 64.2 Å². The third kappa shape index (κ3) is 7.30. The van der Waals surface area contributed by atoms with E-state index in [1.165, 1.54) is 33.9 Å². The number of ketones is 4. The van der Waals surface area contributed by atoms with Crippen molar-refractivity contribution >= 4 is 35.3 Å². The molecule has 3 N–H and O–H groups in total. The molecule has 3 saturated heterocycles. The lowest BCUT2D eigenvalue weighted by molar-refractivity contribution is -0.270. The summed E-state index contributed by atoms with van der Waals surface area (Å²) in [7, 11) is 7.33. The van der Waals surface area contributed by atoms with Gasteiger partial charge in [-0.15, -0.1) is 0 Å². The molecule has 3 saturated carbocycles. The van der Waals surface area contributed by atoms with Crippen LogP contribution in [0.2, 0.25) is 0 Å². The fourth-order valence-corrected chi connectivity index (χ4v) is 17.0. The van der Waals surface area contributed by atoms with Crippen molar-refractivity contribution in [2.75, 3.05) is 47.9 Å². The van der Waals surface area contributed by atoms with Crippen molar-refractivity contribution in [3.63, 3.8) is 0 Å². The second-order valence-electron chi connectivity index (χ2n) is 23.8. The number of Topliss-reactive ketones (excluding diaryl/α,β-unsaturated/α-hetero) is 4. The van der Waals surface area contributed by atoms with Gasteiger partial charge in [-0.05, 0) is 141 Å². The first kappa shape index (κ1) is 55.0. The van der Waals surface area contributed by atoms with Crippen LogP contribution in [0.5, 0.6) is 34.5 Å². The molecule has 0 aromatic heterocycles. The van der Waals surface area contributed by atoms with E-state index in [1.54, 1.807) is 12.1 Å². The lowest BCUT2D eigenvalue weighted by atomic mass is 9.49. The summed E-state index contributed by atoms with van der Waals surface area (Å²) >= 11 is 0. The number of hydrogen-bond donors (Lipinski definition) is 3. The number of ether oxygens (including phenoxy) is 6. The smallest absolute Gasteiger partial charge is 0.513 e. The number of carbonyl (C=O) groups is 6. The van der Waals surface area contributed by atoms with E-state index in [9.17, 15) is 49.2 Å². The van der Waals surface area contributed by atoms with Gasteiger partial charge in [0.15, 0.2) is 58.7 Å². The maximum Gasteiger partial charge on any atom is 0.513 e. The van der Waals surface area contributed by atoms with Crippen molar-refractivity contribution in [1.82, 2.24) is 14.7 Å². The summed E-state index contributed by atoms with van der Waals surface area (Å²) in [5.41, 5.74) is 0.578. The van der Waals surface area contributed by atoms with Crippen LogP contribution in [0, 0.1) is 0 Å². The molecule has 3 aromatic rings. The lowest BCUT2D eigenvalue weighted by Crippen LogP contribution is -2.76. The molecule has 6 bridgehead atoms. The maximum absolute atomic E-state index is 12.8. The first-order valence-electron chi connectivity index (χ1n) is 28.0. The van der Waals surface area contributed by atoms with Gasteiger partial charge in [0, 0.05) is 61.0 Å². The minimum atomic E-state index is -1.03. The number of likely N-dealkylation sites (tertiary alicyclic amines) is 3. The molecule has 424 valence electrons. The number of esters is 1. The average molecular weight is 1090 g/mol. The van der Waals surface area contributed by atoms with Gasteiger partial charge in [-0.1, -0.05) is 43.9 Å². The summed E-state index contributed by atoms with van der Waals surface area (Å²) in [5.74, 6) is 1.44. The maximum atomic E-state index is 12.8. The number of likely N-dealkylation sites (N-methyl/N-ethyl adjacent to an activating group) is 3. The van der Waals surface area contributed by atoms with Crippen LogP contribution in [0.1, 0.15) is 126 Å². The van der Waals surface area contributed by atoms with Gasteiger partial charge in [0.25, 0.3) is 0 Å². The van der Waals surface area contributed by atoms with Crippen molar-refractivity contribution < 1.29 is 77.6 Å². The molecule has 6 fully saturated rings. The largest absolute Gasteiger partial charge is 0.870 e. The molecule has 12 atom stereocenters. The Kier molecular flexibility index (Phi) is 13.3. The summed E-state index contributed by atoms with van der Waals surface area (Å²) in [6, 6.07) is 10.6. The summed E-state index contributed by atoms with van der Waals surface area (Å²) in [6.07, 6.45) is 3.41. The highest BCUT2D eigenvalue weighted by Crippen LogP contribution is 2.68. The average Bonchev–Trinajstić information content (AvgIpc) is 2.28. The van der Waals surface area contributed by atoms with E-state index in [-0.39, 0.29) is 52.8 Å². The molecule has 12 aliphatic rings. The molecule has 3 spiro atoms. The van der Waals surface area contributed by atoms with Gasteiger partial charge in [0.2, 0.25) is 0 Å². The van der Waals surface area contributed by atoms with Gasteiger partial charge in [-0.2, -0.15) is 0 Å². The molecule has 0 amide bonds. The van der Waals surface area contributed by atoms with Gasteiger partial charge >= 0.3 is 12.1 Å². The standard InChI is InChI=1S/C19H21NO6.C19H21NO5.C17H19NO4.C3H6O.C2H6/c1-20-8-7-18-14-10-3-4-12(25-17(22)24-2)15(14)26-16(18)11(21)5-6-19(18,23)13(20)9-10;1-10(21)24-13-4-3-11-9-14-19(23)6-5-12(22)17-18(19,7-8-20(14)2)15(11)16(13)25-17;1-18-7-6-16-13-9-2-3-10(19)14(13)22-15(16)11(20)4-5-17(16,21)12(18)8-9;1-3(2)4;1-2/h3-4,13,16,23H,5-9H2,1-2H3;3-4,14,17,23H,5-9H2,1-2H3;2-3,12,15,19,21H,4-8H2,1H3;1-2H3;1-2H3/p-1/t13-,16+,18+,19-;14-,17+,18+,19-;12-,15+,16+,17-;;/m000../s1. The Morgan fingerprint density at radius 1 is 0.544 bits per heavy atom. The van der Waals surface area contributed by atoms with E-state index in [0.717, 1.165) is 53.0 Å². The molecule has 0 radical (unpaired) electrons. The number of hydrogen-bond acceptors (Lipinski definition) is 19. The molecular formula is C60H72N3O16-. The molecule has 19 nitrogen and oxygen atoms in total. The molecule has 3 aromatic carbocycles. The highest BCUT2D eigenvalue weighted by atomic mass is 16.7. The molecule has 19 heteroatoms. The molecule has 79 heavy (non-hydrogen) atoms. The first-order chi connectivity index (χ1) is 37.5. The number of nitrogens with zero attached hydrogens (tertiary/aromatic N) is 3. The molecule has 15 rings (SSSR count). The minimum Gasteiger partial charge on any atom is -0.870 e. The summed E-state index contributed by atoms with van der Waals surface area (Å²) < 4.78 is 33.3. The minimum absolute atomic E-state index is 0.00560. The van der Waals surface area contributed by atoms with E-state index >= 15 is 0 Å². The van der Waals surface area contributed by atoms with Gasteiger partial charge < -0.3 is 68.3 Å². The zero-order valence-corrected chi connectivity index (χ0v) is 46.5. The van der Waals surface area contributed by atoms with Gasteiger partial charge in [-0.3, -0.25) is 19.2 Å². The monoisotopic (exact) mass is 1090 g/mol. The van der Waals surface area contributed by atoms with Crippen LogP contribution in [0.25, 0.3) is 0 Å². The van der Waals surface area contributed by atoms with Crippen LogP contribution >= 0.6 is 0 Å². The number of carbonyl (C=O) groups excluding carboxylic acids is 6.